The Morgan fingerprint density at radius 3 is 3.00 bits per heavy atom. The Balaban J connectivity index is 2.39. The van der Waals surface area contributed by atoms with Gasteiger partial charge in [-0.25, -0.2) is 9.18 Å². The summed E-state index contributed by atoms with van der Waals surface area (Å²) in [5.74, 6) is -0.223. The number of aliphatic hydroxyl groups excluding tert-OH is 1. The van der Waals surface area contributed by atoms with Crippen molar-refractivity contribution in [2.75, 3.05) is 24.7 Å². The summed E-state index contributed by atoms with van der Waals surface area (Å²) >= 11 is 1.36. The van der Waals surface area contributed by atoms with Gasteiger partial charge < -0.3 is 9.84 Å². The number of hydrogen-bond donors (Lipinski definition) is 1. The van der Waals surface area contributed by atoms with Crippen LogP contribution < -0.4 is 0 Å². The zero-order valence-electron chi connectivity index (χ0n) is 6.38. The second-order valence-electron chi connectivity index (χ2n) is 3.31. The second-order valence-corrected chi connectivity index (χ2v) is 4.29. The van der Waals surface area contributed by atoms with Gasteiger partial charge >= 0.3 is 5.97 Å². The molecule has 12 heavy (non-hydrogen) atoms. The third-order valence-corrected chi connectivity index (χ3v) is 3.98. The van der Waals surface area contributed by atoms with Gasteiger partial charge in [-0.15, -0.1) is 0 Å². The number of halogens is 1. The summed E-state index contributed by atoms with van der Waals surface area (Å²) in [7, 11) is 0. The molecule has 0 aliphatic carbocycles. The number of cyclic esters (lactones) is 1. The van der Waals surface area contributed by atoms with Gasteiger partial charge in [0.25, 0.3) is 0 Å². The van der Waals surface area contributed by atoms with E-state index in [4.69, 9.17) is 5.11 Å². The molecule has 0 aromatic heterocycles. The Labute approximate surface area is 73.3 Å². The van der Waals surface area contributed by atoms with Crippen LogP contribution in [0.1, 0.15) is 0 Å². The molecule has 2 fully saturated rings. The molecule has 2 unspecified atom stereocenters. The van der Waals surface area contributed by atoms with Crippen LogP contribution in [0, 0.1) is 5.41 Å². The highest BCUT2D eigenvalue weighted by Gasteiger charge is 2.67. The number of esters is 1. The Kier molecular flexibility index (Phi) is 1.63. The topological polar surface area (TPSA) is 46.5 Å². The van der Waals surface area contributed by atoms with Crippen molar-refractivity contribution < 1.29 is 19.0 Å². The van der Waals surface area contributed by atoms with E-state index in [2.05, 4.69) is 4.74 Å². The maximum atomic E-state index is 13.9. The Hall–Kier alpha value is -0.290. The van der Waals surface area contributed by atoms with Gasteiger partial charge in [0.05, 0.1) is 12.0 Å². The lowest BCUT2D eigenvalue weighted by atomic mass is 9.79. The number of alkyl halides is 1. The lowest BCUT2D eigenvalue weighted by molar-refractivity contribution is -0.147. The van der Waals surface area contributed by atoms with E-state index in [0.29, 0.717) is 5.75 Å². The molecule has 0 aromatic rings. The predicted molar refractivity (Wildman–Crippen MR) is 41.6 cm³/mol. The molecule has 2 aliphatic rings. The van der Waals surface area contributed by atoms with E-state index in [9.17, 15) is 9.18 Å². The van der Waals surface area contributed by atoms with E-state index in [0.717, 1.165) is 0 Å². The monoisotopic (exact) mass is 192 g/mol. The van der Waals surface area contributed by atoms with Crippen molar-refractivity contribution >= 4 is 17.7 Å². The summed E-state index contributed by atoms with van der Waals surface area (Å²) < 4.78 is 18.5. The maximum Gasteiger partial charge on any atom is 0.345 e. The molecule has 5 heteroatoms. The van der Waals surface area contributed by atoms with Crippen LogP contribution >= 0.6 is 11.8 Å². The zero-order chi connectivity index (χ0) is 8.82. The fourth-order valence-corrected chi connectivity index (χ4v) is 3.22. The quantitative estimate of drug-likeness (QED) is 0.593. The summed E-state index contributed by atoms with van der Waals surface area (Å²) in [5, 5.41) is 9.02. The molecule has 0 bridgehead atoms. The molecule has 2 heterocycles. The molecule has 2 aliphatic heterocycles. The number of carbonyl (C=O) groups excluding carboxylic acids is 1. The molecular weight excluding hydrogens is 183 g/mol. The number of hydrogen-bond acceptors (Lipinski definition) is 4. The van der Waals surface area contributed by atoms with Crippen LogP contribution in [0.4, 0.5) is 4.39 Å². The minimum Gasteiger partial charge on any atom is -0.462 e. The Bertz CT molecular complexity index is 235. The lowest BCUT2D eigenvalue weighted by Crippen LogP contribution is -2.47. The van der Waals surface area contributed by atoms with E-state index in [1.165, 1.54) is 11.8 Å². The van der Waals surface area contributed by atoms with Gasteiger partial charge in [0.2, 0.25) is 5.67 Å². The number of aliphatic hydroxyl groups is 1. The molecule has 0 radical (unpaired) electrons. The van der Waals surface area contributed by atoms with Crippen LogP contribution in [0.15, 0.2) is 0 Å². The molecule has 2 rings (SSSR count). The molecule has 0 aromatic carbocycles. The average Bonchev–Trinajstić information content (AvgIpc) is 2.50. The normalized spacial score (nSPS) is 46.0. The van der Waals surface area contributed by atoms with Crippen LogP contribution in [0.25, 0.3) is 0 Å². The third kappa shape index (κ3) is 0.733. The fourth-order valence-electron chi connectivity index (χ4n) is 1.62. The standard InChI is InChI=1S/C7H9FO3S/c8-7-4-12-3-6(7,1-9)2-11-5(7)10/h9H,1-4H2. The molecule has 0 saturated carbocycles. The summed E-state index contributed by atoms with van der Waals surface area (Å²) in [6.45, 7) is -0.298. The fraction of sp³-hybridized carbons (Fsp3) is 0.857. The Morgan fingerprint density at radius 1 is 1.67 bits per heavy atom. The molecular formula is C7H9FO3S. The van der Waals surface area contributed by atoms with E-state index >= 15 is 0 Å². The Morgan fingerprint density at radius 2 is 2.42 bits per heavy atom. The highest BCUT2D eigenvalue weighted by atomic mass is 32.2. The van der Waals surface area contributed by atoms with Crippen LogP contribution in [-0.4, -0.2) is 41.5 Å². The van der Waals surface area contributed by atoms with Gasteiger partial charge in [-0.2, -0.15) is 11.8 Å². The van der Waals surface area contributed by atoms with Gasteiger partial charge in [-0.05, 0) is 0 Å². The van der Waals surface area contributed by atoms with Crippen LogP contribution in [0.2, 0.25) is 0 Å². The predicted octanol–water partition coefficient (Wildman–Crippen LogP) is -0.0230. The second kappa shape index (κ2) is 2.35. The van der Waals surface area contributed by atoms with E-state index < -0.39 is 17.1 Å². The van der Waals surface area contributed by atoms with Crippen molar-refractivity contribution in [3.8, 4) is 0 Å². The van der Waals surface area contributed by atoms with Crippen molar-refractivity contribution in [2.24, 2.45) is 5.41 Å². The van der Waals surface area contributed by atoms with E-state index in [-0.39, 0.29) is 19.0 Å². The first kappa shape index (κ1) is 8.31. The molecule has 0 spiro atoms. The summed E-state index contributed by atoms with van der Waals surface area (Å²) in [6, 6.07) is 0. The zero-order valence-corrected chi connectivity index (χ0v) is 7.19. The van der Waals surface area contributed by atoms with Gasteiger partial charge in [0.15, 0.2) is 0 Å². The first-order chi connectivity index (χ1) is 5.65. The maximum absolute atomic E-state index is 13.9. The molecule has 2 atom stereocenters. The summed E-state index contributed by atoms with van der Waals surface area (Å²) in [5.41, 5.74) is -2.90. The number of thioether (sulfide) groups is 1. The highest BCUT2D eigenvalue weighted by molar-refractivity contribution is 7.99. The van der Waals surface area contributed by atoms with Gasteiger partial charge in [-0.3, -0.25) is 0 Å². The minimum atomic E-state index is -1.94. The number of fused-ring (bicyclic) bond motifs is 1. The molecule has 0 amide bonds. The largest absolute Gasteiger partial charge is 0.462 e. The number of rotatable bonds is 1. The molecule has 2 saturated heterocycles. The summed E-state index contributed by atoms with van der Waals surface area (Å²) in [4.78, 5) is 11.0. The average molecular weight is 192 g/mol. The summed E-state index contributed by atoms with van der Waals surface area (Å²) in [6.07, 6.45) is 0. The van der Waals surface area contributed by atoms with Gasteiger partial charge in [0.1, 0.15) is 6.61 Å². The van der Waals surface area contributed by atoms with Crippen molar-refractivity contribution in [1.29, 1.82) is 0 Å². The van der Waals surface area contributed by atoms with Crippen LogP contribution in [0.3, 0.4) is 0 Å². The van der Waals surface area contributed by atoms with Crippen LogP contribution in [-0.2, 0) is 9.53 Å². The molecule has 68 valence electrons. The van der Waals surface area contributed by atoms with Crippen LogP contribution in [0.5, 0.6) is 0 Å². The minimum absolute atomic E-state index is 0.0197. The third-order valence-electron chi connectivity index (χ3n) is 2.63. The van der Waals surface area contributed by atoms with Crippen molar-refractivity contribution in [3.63, 3.8) is 0 Å². The van der Waals surface area contributed by atoms with Gasteiger partial charge in [-0.1, -0.05) is 0 Å². The highest BCUT2D eigenvalue weighted by Crippen LogP contribution is 2.51. The van der Waals surface area contributed by atoms with E-state index in [1.54, 1.807) is 0 Å². The van der Waals surface area contributed by atoms with E-state index in [1.807, 2.05) is 0 Å². The molecule has 1 N–H and O–H groups in total. The number of carbonyl (C=O) groups is 1. The van der Waals surface area contributed by atoms with Crippen molar-refractivity contribution in [1.82, 2.24) is 0 Å². The van der Waals surface area contributed by atoms with Crippen molar-refractivity contribution in [2.45, 2.75) is 5.67 Å². The van der Waals surface area contributed by atoms with Gasteiger partial charge in [0, 0.05) is 11.5 Å². The lowest BCUT2D eigenvalue weighted by Gasteiger charge is -2.25. The SMILES string of the molecule is O=C1OCC2(CO)CSCC12F. The first-order valence-electron chi connectivity index (χ1n) is 3.69. The molecule has 3 nitrogen and oxygen atoms in total. The smallest absolute Gasteiger partial charge is 0.345 e. The first-order valence-corrected chi connectivity index (χ1v) is 4.85. The van der Waals surface area contributed by atoms with Crippen molar-refractivity contribution in [3.05, 3.63) is 0 Å². The number of ether oxygens (including phenoxy) is 1.